The van der Waals surface area contributed by atoms with Crippen molar-refractivity contribution in [2.24, 2.45) is 0 Å². The molecule has 0 saturated heterocycles. The summed E-state index contributed by atoms with van der Waals surface area (Å²) in [5, 5.41) is 0. The largest absolute Gasteiger partial charge is 0.0622 e. The van der Waals surface area contributed by atoms with Crippen LogP contribution in [0.1, 0.15) is 33.4 Å². The number of benzene rings is 5. The summed E-state index contributed by atoms with van der Waals surface area (Å²) >= 11 is 0. The second kappa shape index (κ2) is 10.5. The Balaban J connectivity index is 1.66. The first-order valence-electron chi connectivity index (χ1n) is 11.6. The van der Waals surface area contributed by atoms with Crippen LogP contribution in [0.4, 0.5) is 0 Å². The highest BCUT2D eigenvalue weighted by Gasteiger charge is 2.10. The molecule has 0 nitrogen and oxygen atoms in total. The maximum absolute atomic E-state index is 2.31. The average molecular weight is 435 g/mol. The van der Waals surface area contributed by atoms with E-state index in [0.29, 0.717) is 0 Å². The molecule has 5 rings (SSSR count). The van der Waals surface area contributed by atoms with E-state index in [1.807, 2.05) is 0 Å². The molecule has 0 amide bonds. The lowest BCUT2D eigenvalue weighted by Gasteiger charge is -2.14. The summed E-state index contributed by atoms with van der Waals surface area (Å²) in [5.41, 5.74) is 9.60. The quantitative estimate of drug-likeness (QED) is 0.234. The summed E-state index contributed by atoms with van der Waals surface area (Å²) in [4.78, 5) is 0. The smallest absolute Gasteiger partial charge is 0.0105 e. The van der Waals surface area contributed by atoms with Crippen LogP contribution < -0.4 is 0 Å². The molecule has 0 aliphatic rings. The van der Waals surface area contributed by atoms with E-state index >= 15 is 0 Å². The van der Waals surface area contributed by atoms with Gasteiger partial charge in [0.25, 0.3) is 0 Å². The summed E-state index contributed by atoms with van der Waals surface area (Å²) < 4.78 is 0. The Kier molecular flexibility index (Phi) is 6.59. The fourth-order valence-corrected chi connectivity index (χ4v) is 4.19. The molecule has 0 aromatic heterocycles. The van der Waals surface area contributed by atoms with Gasteiger partial charge in [0.2, 0.25) is 0 Å². The standard InChI is InChI=1S/C34H26/c1-5-14-27(15-6-1)24-33(29-18-9-3-10-19-29)31-22-13-23-32(26-31)34(30-20-11-4-12-21-30)25-28-16-7-2-8-17-28/h1-26H/b33-24+,34-25+. The fourth-order valence-electron chi connectivity index (χ4n) is 4.19. The van der Waals surface area contributed by atoms with E-state index in [2.05, 4.69) is 158 Å². The molecule has 5 aromatic carbocycles. The molecule has 0 radical (unpaired) electrons. The van der Waals surface area contributed by atoms with Crippen molar-refractivity contribution in [3.8, 4) is 0 Å². The minimum absolute atomic E-state index is 1.19. The molecular formula is C34H26. The second-order valence-electron chi connectivity index (χ2n) is 8.25. The maximum Gasteiger partial charge on any atom is -0.0105 e. The Labute approximate surface area is 202 Å². The Morgan fingerprint density at radius 2 is 0.647 bits per heavy atom. The van der Waals surface area contributed by atoms with E-state index in [0.717, 1.165) is 0 Å². The molecule has 0 aliphatic heterocycles. The molecular weight excluding hydrogens is 408 g/mol. The average Bonchev–Trinajstić information content (AvgIpc) is 2.92. The SMILES string of the molecule is C(=C(/c1ccccc1)c1cccc(/C(=C/c2ccccc2)c2ccccc2)c1)/c1ccccc1. The fraction of sp³-hybridized carbons (Fsp3) is 0. The van der Waals surface area contributed by atoms with Crippen molar-refractivity contribution in [2.45, 2.75) is 0 Å². The highest BCUT2D eigenvalue weighted by molar-refractivity contribution is 5.95. The molecule has 0 atom stereocenters. The van der Waals surface area contributed by atoms with Crippen LogP contribution in [-0.4, -0.2) is 0 Å². The van der Waals surface area contributed by atoms with Crippen molar-refractivity contribution in [3.63, 3.8) is 0 Å². The summed E-state index contributed by atoms with van der Waals surface area (Å²) in [6, 6.07) is 51.2. The molecule has 0 bridgehead atoms. The molecule has 0 fully saturated rings. The first-order chi connectivity index (χ1) is 16.9. The van der Waals surface area contributed by atoms with Gasteiger partial charge in [-0.25, -0.2) is 0 Å². The summed E-state index contributed by atoms with van der Waals surface area (Å²) in [6.07, 6.45) is 4.55. The molecule has 0 spiro atoms. The highest BCUT2D eigenvalue weighted by Crippen LogP contribution is 2.31. The Hall–Kier alpha value is -4.42. The van der Waals surface area contributed by atoms with Crippen LogP contribution in [0.5, 0.6) is 0 Å². The molecule has 0 heteroatoms. The molecule has 34 heavy (non-hydrogen) atoms. The molecule has 5 aromatic rings. The third-order valence-corrected chi connectivity index (χ3v) is 5.88. The third-order valence-electron chi connectivity index (χ3n) is 5.88. The molecule has 162 valence electrons. The van der Waals surface area contributed by atoms with Crippen molar-refractivity contribution in [1.29, 1.82) is 0 Å². The molecule has 0 heterocycles. The first-order valence-corrected chi connectivity index (χ1v) is 11.6. The van der Waals surface area contributed by atoms with E-state index in [-0.39, 0.29) is 0 Å². The van der Waals surface area contributed by atoms with Crippen molar-refractivity contribution in [2.75, 3.05) is 0 Å². The van der Waals surface area contributed by atoms with Gasteiger partial charge in [0.15, 0.2) is 0 Å². The van der Waals surface area contributed by atoms with Crippen LogP contribution in [0, 0.1) is 0 Å². The van der Waals surface area contributed by atoms with Crippen LogP contribution in [0.3, 0.4) is 0 Å². The van der Waals surface area contributed by atoms with Crippen LogP contribution in [0.15, 0.2) is 146 Å². The number of hydrogen-bond acceptors (Lipinski definition) is 0. The summed E-state index contributed by atoms with van der Waals surface area (Å²) in [5.74, 6) is 0. The predicted molar refractivity (Wildman–Crippen MR) is 146 cm³/mol. The lowest BCUT2D eigenvalue weighted by atomic mass is 9.90. The third kappa shape index (κ3) is 5.14. The van der Waals surface area contributed by atoms with Gasteiger partial charge in [-0.1, -0.05) is 140 Å². The molecule has 0 N–H and O–H groups in total. The van der Waals surface area contributed by atoms with E-state index in [1.165, 1.54) is 44.5 Å². The zero-order valence-electron chi connectivity index (χ0n) is 19.0. The van der Waals surface area contributed by atoms with Crippen LogP contribution in [0.2, 0.25) is 0 Å². The summed E-state index contributed by atoms with van der Waals surface area (Å²) in [6.45, 7) is 0. The Morgan fingerprint density at radius 3 is 1.03 bits per heavy atom. The number of hydrogen-bond donors (Lipinski definition) is 0. The monoisotopic (exact) mass is 434 g/mol. The normalized spacial score (nSPS) is 11.9. The van der Waals surface area contributed by atoms with Gasteiger partial charge < -0.3 is 0 Å². The van der Waals surface area contributed by atoms with Gasteiger partial charge in [0.1, 0.15) is 0 Å². The van der Waals surface area contributed by atoms with Crippen molar-refractivity contribution in [3.05, 3.63) is 179 Å². The van der Waals surface area contributed by atoms with Gasteiger partial charge in [-0.05, 0) is 62.7 Å². The van der Waals surface area contributed by atoms with E-state index in [1.54, 1.807) is 0 Å². The van der Waals surface area contributed by atoms with Gasteiger partial charge in [0, 0.05) is 0 Å². The van der Waals surface area contributed by atoms with Crippen LogP contribution in [-0.2, 0) is 0 Å². The van der Waals surface area contributed by atoms with Gasteiger partial charge >= 0.3 is 0 Å². The second-order valence-corrected chi connectivity index (χ2v) is 8.25. The zero-order chi connectivity index (χ0) is 23.0. The predicted octanol–water partition coefficient (Wildman–Crippen LogP) is 8.86. The van der Waals surface area contributed by atoms with Crippen molar-refractivity contribution >= 4 is 23.3 Å². The van der Waals surface area contributed by atoms with E-state index in [4.69, 9.17) is 0 Å². The van der Waals surface area contributed by atoms with E-state index < -0.39 is 0 Å². The van der Waals surface area contributed by atoms with Gasteiger partial charge in [-0.2, -0.15) is 0 Å². The van der Waals surface area contributed by atoms with Gasteiger partial charge in [0.05, 0.1) is 0 Å². The molecule has 0 saturated carbocycles. The lowest BCUT2D eigenvalue weighted by Crippen LogP contribution is -1.93. The summed E-state index contributed by atoms with van der Waals surface area (Å²) in [7, 11) is 0. The highest BCUT2D eigenvalue weighted by atomic mass is 14.1. The van der Waals surface area contributed by atoms with Crippen molar-refractivity contribution < 1.29 is 0 Å². The maximum atomic E-state index is 2.31. The van der Waals surface area contributed by atoms with Crippen LogP contribution in [0.25, 0.3) is 23.3 Å². The Bertz CT molecular complexity index is 1290. The lowest BCUT2D eigenvalue weighted by molar-refractivity contribution is 1.51. The minimum Gasteiger partial charge on any atom is -0.0622 e. The molecule has 0 aliphatic carbocycles. The first kappa shape index (κ1) is 21.4. The van der Waals surface area contributed by atoms with Crippen LogP contribution >= 0.6 is 0 Å². The van der Waals surface area contributed by atoms with Gasteiger partial charge in [-0.3, -0.25) is 0 Å². The molecule has 0 unspecified atom stereocenters. The van der Waals surface area contributed by atoms with E-state index in [9.17, 15) is 0 Å². The number of rotatable bonds is 6. The zero-order valence-corrected chi connectivity index (χ0v) is 19.0. The Morgan fingerprint density at radius 1 is 0.324 bits per heavy atom. The van der Waals surface area contributed by atoms with Crippen molar-refractivity contribution in [1.82, 2.24) is 0 Å². The van der Waals surface area contributed by atoms with Gasteiger partial charge in [-0.15, -0.1) is 0 Å². The minimum atomic E-state index is 1.19. The topological polar surface area (TPSA) is 0 Å².